The van der Waals surface area contributed by atoms with Gasteiger partial charge in [0.25, 0.3) is 0 Å². The Morgan fingerprint density at radius 1 is 1.35 bits per heavy atom. The van der Waals surface area contributed by atoms with Crippen LogP contribution in [0.3, 0.4) is 0 Å². The predicted molar refractivity (Wildman–Crippen MR) is 91.4 cm³/mol. The van der Waals surface area contributed by atoms with Crippen LogP contribution in [0.25, 0.3) is 0 Å². The second-order valence-corrected chi connectivity index (χ2v) is 5.35. The number of ether oxygens (including phenoxy) is 3. The van der Waals surface area contributed by atoms with E-state index in [1.54, 1.807) is 19.2 Å². The number of carbonyl (C=O) groups is 1. The van der Waals surface area contributed by atoms with Crippen molar-refractivity contribution in [3.8, 4) is 5.75 Å². The van der Waals surface area contributed by atoms with Gasteiger partial charge in [0.1, 0.15) is 6.61 Å². The number of benzene rings is 1. The topological polar surface area (TPSA) is 68.8 Å². The van der Waals surface area contributed by atoms with Gasteiger partial charge in [0.15, 0.2) is 5.75 Å². The average molecular weight is 345 g/mol. The number of amides is 1. The molecule has 0 fully saturated rings. The third-order valence-electron chi connectivity index (χ3n) is 2.91. The standard InChI is InChI=1S/C16H25ClN2O4/c1-4-22-8-9-23-16-13(17)6-5-7-14(16)18-10-15(20)19-12(2)11-21-3/h5-7,12,18H,4,8-11H2,1-3H3,(H,19,20)/t12-/m1/s1. The van der Waals surface area contributed by atoms with Crippen LogP contribution >= 0.6 is 11.6 Å². The molecular formula is C16H25ClN2O4. The second-order valence-electron chi connectivity index (χ2n) is 4.94. The number of methoxy groups -OCH3 is 1. The largest absolute Gasteiger partial charge is 0.487 e. The van der Waals surface area contributed by atoms with Gasteiger partial charge in [-0.3, -0.25) is 4.79 Å². The van der Waals surface area contributed by atoms with Crippen LogP contribution < -0.4 is 15.4 Å². The van der Waals surface area contributed by atoms with Crippen LogP contribution in [0.15, 0.2) is 18.2 Å². The van der Waals surface area contributed by atoms with Crippen molar-refractivity contribution in [2.45, 2.75) is 19.9 Å². The molecule has 1 aromatic carbocycles. The van der Waals surface area contributed by atoms with Gasteiger partial charge in [-0.2, -0.15) is 0 Å². The van der Waals surface area contributed by atoms with Crippen molar-refractivity contribution in [2.75, 3.05) is 45.4 Å². The maximum absolute atomic E-state index is 11.9. The quantitative estimate of drug-likeness (QED) is 0.603. The molecule has 1 atom stereocenters. The average Bonchev–Trinajstić information content (AvgIpc) is 2.51. The van der Waals surface area contributed by atoms with E-state index in [1.807, 2.05) is 19.9 Å². The van der Waals surface area contributed by atoms with Crippen LogP contribution in [-0.4, -0.2) is 52.0 Å². The molecule has 23 heavy (non-hydrogen) atoms. The molecule has 0 saturated heterocycles. The molecule has 7 heteroatoms. The van der Waals surface area contributed by atoms with Gasteiger partial charge in [-0.1, -0.05) is 17.7 Å². The Balaban J connectivity index is 2.55. The molecule has 0 heterocycles. The zero-order valence-corrected chi connectivity index (χ0v) is 14.6. The summed E-state index contributed by atoms with van der Waals surface area (Å²) in [6, 6.07) is 5.30. The Morgan fingerprint density at radius 2 is 2.13 bits per heavy atom. The number of hydrogen-bond donors (Lipinski definition) is 2. The molecule has 130 valence electrons. The molecular weight excluding hydrogens is 320 g/mol. The molecule has 1 rings (SSSR count). The van der Waals surface area contributed by atoms with Gasteiger partial charge in [-0.25, -0.2) is 0 Å². The minimum Gasteiger partial charge on any atom is -0.487 e. The molecule has 0 saturated carbocycles. The summed E-state index contributed by atoms with van der Waals surface area (Å²) < 4.78 is 15.9. The van der Waals surface area contributed by atoms with Gasteiger partial charge in [-0.15, -0.1) is 0 Å². The summed E-state index contributed by atoms with van der Waals surface area (Å²) in [6.07, 6.45) is 0. The lowest BCUT2D eigenvalue weighted by molar-refractivity contribution is -0.120. The van der Waals surface area contributed by atoms with Crippen molar-refractivity contribution in [3.63, 3.8) is 0 Å². The normalized spacial score (nSPS) is 11.8. The maximum atomic E-state index is 11.9. The molecule has 0 aliphatic rings. The molecule has 0 bridgehead atoms. The lowest BCUT2D eigenvalue weighted by Crippen LogP contribution is -2.39. The molecule has 0 spiro atoms. The Hall–Kier alpha value is -1.50. The van der Waals surface area contributed by atoms with Gasteiger partial charge < -0.3 is 24.8 Å². The van der Waals surface area contributed by atoms with E-state index >= 15 is 0 Å². The van der Waals surface area contributed by atoms with Crippen LogP contribution in [0.1, 0.15) is 13.8 Å². The van der Waals surface area contributed by atoms with E-state index in [4.69, 9.17) is 25.8 Å². The number of rotatable bonds is 11. The summed E-state index contributed by atoms with van der Waals surface area (Å²) in [5, 5.41) is 6.35. The molecule has 0 aromatic heterocycles. The molecule has 0 radical (unpaired) electrons. The first-order chi connectivity index (χ1) is 11.1. The molecule has 0 aliphatic heterocycles. The SMILES string of the molecule is CCOCCOc1c(Cl)cccc1NCC(=O)N[C@H](C)COC. The predicted octanol–water partition coefficient (Wildman–Crippen LogP) is 2.32. The van der Waals surface area contributed by atoms with E-state index in [0.717, 1.165) is 0 Å². The van der Waals surface area contributed by atoms with E-state index in [1.165, 1.54) is 0 Å². The molecule has 2 N–H and O–H groups in total. The molecule has 0 unspecified atom stereocenters. The first-order valence-electron chi connectivity index (χ1n) is 7.59. The Morgan fingerprint density at radius 3 is 2.83 bits per heavy atom. The fraction of sp³-hybridized carbons (Fsp3) is 0.562. The first kappa shape index (κ1) is 19.5. The van der Waals surface area contributed by atoms with Gasteiger partial charge in [-0.05, 0) is 26.0 Å². The summed E-state index contributed by atoms with van der Waals surface area (Å²) in [5.74, 6) is 0.390. The molecule has 1 amide bonds. The van der Waals surface area contributed by atoms with Gasteiger partial charge in [0, 0.05) is 19.8 Å². The van der Waals surface area contributed by atoms with E-state index < -0.39 is 0 Å². The van der Waals surface area contributed by atoms with E-state index in [2.05, 4.69) is 10.6 Å². The zero-order valence-electron chi connectivity index (χ0n) is 13.9. The van der Waals surface area contributed by atoms with Crippen LogP contribution in [0.4, 0.5) is 5.69 Å². The van der Waals surface area contributed by atoms with E-state index in [0.29, 0.717) is 42.9 Å². The third kappa shape index (κ3) is 7.54. The Labute approximate surface area is 142 Å². The van der Waals surface area contributed by atoms with Crippen LogP contribution in [0.5, 0.6) is 5.75 Å². The number of anilines is 1. The van der Waals surface area contributed by atoms with Crippen molar-refractivity contribution < 1.29 is 19.0 Å². The summed E-state index contributed by atoms with van der Waals surface area (Å²) >= 11 is 6.16. The van der Waals surface area contributed by atoms with Crippen LogP contribution in [0, 0.1) is 0 Å². The number of para-hydroxylation sites is 1. The van der Waals surface area contributed by atoms with Crippen molar-refractivity contribution in [3.05, 3.63) is 23.2 Å². The lowest BCUT2D eigenvalue weighted by atomic mass is 10.3. The monoisotopic (exact) mass is 344 g/mol. The van der Waals surface area contributed by atoms with Crippen LogP contribution in [-0.2, 0) is 14.3 Å². The molecule has 6 nitrogen and oxygen atoms in total. The fourth-order valence-electron chi connectivity index (χ4n) is 1.93. The molecule has 1 aromatic rings. The third-order valence-corrected chi connectivity index (χ3v) is 3.21. The summed E-state index contributed by atoms with van der Waals surface area (Å²) in [4.78, 5) is 11.9. The van der Waals surface area contributed by atoms with Crippen molar-refractivity contribution in [1.82, 2.24) is 5.32 Å². The lowest BCUT2D eigenvalue weighted by Gasteiger charge is -2.16. The summed E-state index contributed by atoms with van der Waals surface area (Å²) in [5.41, 5.74) is 0.670. The number of carbonyl (C=O) groups excluding carboxylic acids is 1. The first-order valence-corrected chi connectivity index (χ1v) is 7.97. The maximum Gasteiger partial charge on any atom is 0.239 e. The van der Waals surface area contributed by atoms with E-state index in [-0.39, 0.29) is 18.5 Å². The fourth-order valence-corrected chi connectivity index (χ4v) is 2.16. The second kappa shape index (κ2) is 11.1. The highest BCUT2D eigenvalue weighted by Crippen LogP contribution is 2.32. The number of halogens is 1. The minimum atomic E-state index is -0.130. The zero-order chi connectivity index (χ0) is 17.1. The van der Waals surface area contributed by atoms with Crippen molar-refractivity contribution in [1.29, 1.82) is 0 Å². The van der Waals surface area contributed by atoms with Crippen LogP contribution in [0.2, 0.25) is 5.02 Å². The highest BCUT2D eigenvalue weighted by atomic mass is 35.5. The number of hydrogen-bond acceptors (Lipinski definition) is 5. The Bertz CT molecular complexity index is 485. The van der Waals surface area contributed by atoms with Gasteiger partial charge in [0.2, 0.25) is 5.91 Å². The summed E-state index contributed by atoms with van der Waals surface area (Å²) in [7, 11) is 1.60. The summed E-state index contributed by atoms with van der Waals surface area (Å²) in [6.45, 7) is 5.90. The van der Waals surface area contributed by atoms with Crippen molar-refractivity contribution >= 4 is 23.2 Å². The van der Waals surface area contributed by atoms with Crippen molar-refractivity contribution in [2.24, 2.45) is 0 Å². The smallest absolute Gasteiger partial charge is 0.239 e. The van der Waals surface area contributed by atoms with Gasteiger partial charge >= 0.3 is 0 Å². The minimum absolute atomic E-state index is 0.0458. The van der Waals surface area contributed by atoms with E-state index in [9.17, 15) is 4.79 Å². The van der Waals surface area contributed by atoms with Gasteiger partial charge in [0.05, 0.1) is 30.5 Å². The highest BCUT2D eigenvalue weighted by Gasteiger charge is 2.11. The Kier molecular flexibility index (Phi) is 9.43. The number of nitrogens with one attached hydrogen (secondary N) is 2. The highest BCUT2D eigenvalue weighted by molar-refractivity contribution is 6.32. The molecule has 0 aliphatic carbocycles.